The molecule has 0 bridgehead atoms. The van der Waals surface area contributed by atoms with E-state index in [-0.39, 0.29) is 36.8 Å². The van der Waals surface area contributed by atoms with Crippen molar-refractivity contribution >= 4 is 5.97 Å². The van der Waals surface area contributed by atoms with Gasteiger partial charge in [0.2, 0.25) is 0 Å². The molecule has 4 aliphatic carbocycles. The summed E-state index contributed by atoms with van der Waals surface area (Å²) in [7, 11) is 0. The first-order valence-electron chi connectivity index (χ1n) is 27.2. The second-order valence-electron chi connectivity index (χ2n) is 22.1. The van der Waals surface area contributed by atoms with Gasteiger partial charge in [-0.15, -0.1) is 0 Å². The van der Waals surface area contributed by atoms with E-state index < -0.39 is 0 Å². The Morgan fingerprint density at radius 1 is 0.810 bits per heavy atom. The number of carbonyl (C=O) groups is 1. The van der Waals surface area contributed by atoms with Crippen LogP contribution in [0.25, 0.3) is 0 Å². The normalized spacial score (nSPS) is 29.6. The van der Waals surface area contributed by atoms with Gasteiger partial charge < -0.3 is 23.7 Å². The van der Waals surface area contributed by atoms with E-state index in [1.165, 1.54) is 141 Å². The second-order valence-corrected chi connectivity index (χ2v) is 22.1. The van der Waals surface area contributed by atoms with Crippen molar-refractivity contribution in [2.45, 2.75) is 214 Å². The van der Waals surface area contributed by atoms with E-state index in [2.05, 4.69) is 64.7 Å². The molecule has 0 spiro atoms. The molecule has 4 fully saturated rings. The van der Waals surface area contributed by atoms with Crippen LogP contribution in [0.4, 0.5) is 0 Å². The number of carbonyl (C=O) groups excluding carboxylic acids is 1. The van der Waals surface area contributed by atoms with Crippen LogP contribution in [0.3, 0.4) is 0 Å². The topological polar surface area (TPSA) is 66.5 Å². The zero-order valence-electron chi connectivity index (χ0n) is 42.0. The molecule has 0 radical (unpaired) electrons. The van der Waals surface area contributed by atoms with Crippen molar-refractivity contribution in [1.82, 2.24) is 4.90 Å². The number of rotatable bonds is 32. The summed E-state index contributed by atoms with van der Waals surface area (Å²) >= 11 is 0. The molecule has 7 heteroatoms. The van der Waals surface area contributed by atoms with Crippen LogP contribution in [-0.4, -0.2) is 89.0 Å². The third-order valence-corrected chi connectivity index (χ3v) is 17.1. The van der Waals surface area contributed by atoms with Crippen LogP contribution >= 0.6 is 0 Å². The number of hydrogen-bond donors (Lipinski definition) is 0. The van der Waals surface area contributed by atoms with Crippen LogP contribution < -0.4 is 0 Å². The van der Waals surface area contributed by atoms with Gasteiger partial charge in [-0.1, -0.05) is 142 Å². The highest BCUT2D eigenvalue weighted by molar-refractivity contribution is 5.70. The molecule has 0 aromatic heterocycles. The largest absolute Gasteiger partial charge is 0.462 e. The van der Waals surface area contributed by atoms with E-state index >= 15 is 0 Å². The standard InChI is InChI=1S/C56H99NO6/c1-7-8-9-10-11-12-13-14-15-16-17-18-19-20-21-22-36-60-43-49(42-57-34-37-59-38-35-57)61-39-40-62-54(58)44-63-48-30-32-55(5)47(41-48)26-27-50-52-29-28-51(46(4)25-23-24-45(2)3)56(52,6)33-31-53(50)55/h14-15,26,45-46,48-53H,7-13,16-25,27-44H2,1-6H3/t46-,48+,49?,50?,51?,52+,53+,55+,56-/m1/s1. The Hall–Kier alpha value is -1.25. The maximum Gasteiger partial charge on any atom is 0.332 e. The summed E-state index contributed by atoms with van der Waals surface area (Å²) in [4.78, 5) is 15.3. The predicted octanol–water partition coefficient (Wildman–Crippen LogP) is 13.7. The maximum atomic E-state index is 12.9. The summed E-state index contributed by atoms with van der Waals surface area (Å²) < 4.78 is 29.9. The van der Waals surface area contributed by atoms with E-state index in [0.29, 0.717) is 18.6 Å². The molecule has 0 N–H and O–H groups in total. The van der Waals surface area contributed by atoms with Gasteiger partial charge in [-0.25, -0.2) is 4.79 Å². The van der Waals surface area contributed by atoms with Crippen molar-refractivity contribution in [3.63, 3.8) is 0 Å². The molecule has 0 amide bonds. The first-order chi connectivity index (χ1) is 30.6. The van der Waals surface area contributed by atoms with Crippen LogP contribution in [0, 0.1) is 46.3 Å². The molecule has 5 aliphatic rings. The second kappa shape index (κ2) is 28.8. The Morgan fingerprint density at radius 3 is 2.25 bits per heavy atom. The van der Waals surface area contributed by atoms with Gasteiger partial charge in [0.1, 0.15) is 13.2 Å². The zero-order valence-corrected chi connectivity index (χ0v) is 42.0. The Kier molecular flexibility index (Phi) is 24.1. The minimum Gasteiger partial charge on any atom is -0.462 e. The minimum absolute atomic E-state index is 0.0224. The van der Waals surface area contributed by atoms with Crippen molar-refractivity contribution in [1.29, 1.82) is 0 Å². The van der Waals surface area contributed by atoms with Crippen LogP contribution in [0.2, 0.25) is 0 Å². The number of nitrogens with zero attached hydrogens (tertiary/aromatic N) is 1. The van der Waals surface area contributed by atoms with Crippen molar-refractivity contribution in [3.8, 4) is 0 Å². The predicted molar refractivity (Wildman–Crippen MR) is 261 cm³/mol. The lowest BCUT2D eigenvalue weighted by molar-refractivity contribution is -0.154. The van der Waals surface area contributed by atoms with Gasteiger partial charge in [0, 0.05) is 26.2 Å². The fourth-order valence-electron chi connectivity index (χ4n) is 13.3. The van der Waals surface area contributed by atoms with Gasteiger partial charge in [0.15, 0.2) is 0 Å². The molecule has 1 saturated heterocycles. The third kappa shape index (κ3) is 17.1. The maximum absolute atomic E-state index is 12.9. The Morgan fingerprint density at radius 2 is 1.52 bits per heavy atom. The molecule has 3 unspecified atom stereocenters. The van der Waals surface area contributed by atoms with Gasteiger partial charge in [-0.05, 0) is 130 Å². The number of ether oxygens (including phenoxy) is 5. The molecule has 3 saturated carbocycles. The van der Waals surface area contributed by atoms with E-state index in [1.54, 1.807) is 5.57 Å². The summed E-state index contributed by atoms with van der Waals surface area (Å²) in [5.41, 5.74) is 2.42. The molecular weight excluding hydrogens is 783 g/mol. The van der Waals surface area contributed by atoms with Gasteiger partial charge in [0.05, 0.1) is 38.6 Å². The van der Waals surface area contributed by atoms with Crippen molar-refractivity contribution < 1.29 is 28.5 Å². The molecule has 1 aliphatic heterocycles. The van der Waals surface area contributed by atoms with E-state index in [9.17, 15) is 4.79 Å². The first-order valence-corrected chi connectivity index (χ1v) is 27.2. The molecule has 1 heterocycles. The van der Waals surface area contributed by atoms with Gasteiger partial charge >= 0.3 is 5.97 Å². The van der Waals surface area contributed by atoms with Gasteiger partial charge in [-0.2, -0.15) is 0 Å². The molecule has 364 valence electrons. The Balaban J connectivity index is 0.928. The lowest BCUT2D eigenvalue weighted by Crippen LogP contribution is -2.51. The summed E-state index contributed by atoms with van der Waals surface area (Å²) in [6.07, 6.45) is 40.1. The average Bonchev–Trinajstić information content (AvgIpc) is 3.64. The van der Waals surface area contributed by atoms with E-state index in [1.807, 2.05) is 0 Å². The van der Waals surface area contributed by atoms with E-state index in [4.69, 9.17) is 23.7 Å². The molecule has 5 rings (SSSR count). The highest BCUT2D eigenvalue weighted by Crippen LogP contribution is 2.67. The summed E-state index contributed by atoms with van der Waals surface area (Å²) in [6.45, 7) is 21.0. The number of fused-ring (bicyclic) bond motifs is 5. The van der Waals surface area contributed by atoms with Crippen molar-refractivity contribution in [3.05, 3.63) is 23.8 Å². The van der Waals surface area contributed by atoms with Crippen molar-refractivity contribution in [2.75, 3.05) is 65.9 Å². The molecule has 0 aromatic carbocycles. The highest BCUT2D eigenvalue weighted by Gasteiger charge is 2.59. The SMILES string of the molecule is CCCCCCCCC=CCCCCCCCCOCC(CN1CCOCC1)OCCOC(=O)CO[C@H]1CC[C@@]2(C)C(=CCC3[C@@H]2CC[C@]2(C)C([C@H](C)CCCC(C)C)CC[C@@H]32)C1. The van der Waals surface area contributed by atoms with Crippen molar-refractivity contribution in [2.24, 2.45) is 46.3 Å². The summed E-state index contributed by atoms with van der Waals surface area (Å²) in [5, 5.41) is 0. The fraction of sp³-hybridized carbons (Fsp3) is 0.911. The van der Waals surface area contributed by atoms with E-state index in [0.717, 1.165) is 94.2 Å². The monoisotopic (exact) mass is 882 g/mol. The van der Waals surface area contributed by atoms with Crippen LogP contribution in [0.5, 0.6) is 0 Å². The lowest BCUT2D eigenvalue weighted by Gasteiger charge is -2.58. The molecule has 0 aromatic rings. The summed E-state index contributed by atoms with van der Waals surface area (Å²) in [6, 6.07) is 0. The average molecular weight is 882 g/mol. The third-order valence-electron chi connectivity index (χ3n) is 17.1. The smallest absolute Gasteiger partial charge is 0.332 e. The molecule has 7 nitrogen and oxygen atoms in total. The Labute approximate surface area is 388 Å². The molecule has 63 heavy (non-hydrogen) atoms. The number of hydrogen-bond acceptors (Lipinski definition) is 7. The lowest BCUT2D eigenvalue weighted by atomic mass is 9.47. The minimum atomic E-state index is -0.286. The van der Waals surface area contributed by atoms with Crippen LogP contribution in [-0.2, 0) is 28.5 Å². The number of esters is 1. The Bertz CT molecular complexity index is 1310. The molecule has 9 atom stereocenters. The first kappa shape index (κ1) is 52.7. The summed E-state index contributed by atoms with van der Waals surface area (Å²) in [5.74, 6) is 4.80. The van der Waals surface area contributed by atoms with Gasteiger partial charge in [-0.3, -0.25) is 4.90 Å². The van der Waals surface area contributed by atoms with Gasteiger partial charge in [0.25, 0.3) is 0 Å². The van der Waals surface area contributed by atoms with Crippen LogP contribution in [0.1, 0.15) is 202 Å². The zero-order chi connectivity index (χ0) is 44.8. The number of unbranched alkanes of at least 4 members (excludes halogenated alkanes) is 12. The quantitative estimate of drug-likeness (QED) is 0.0379. The molecular formula is C56H99NO6. The number of allylic oxidation sites excluding steroid dienone is 3. The number of morpholine rings is 1. The fourth-order valence-corrected chi connectivity index (χ4v) is 13.3. The van der Waals surface area contributed by atoms with Crippen LogP contribution in [0.15, 0.2) is 23.8 Å². The highest BCUT2D eigenvalue weighted by atomic mass is 16.6.